The van der Waals surface area contributed by atoms with E-state index in [4.69, 9.17) is 10.2 Å². The summed E-state index contributed by atoms with van der Waals surface area (Å²) in [7, 11) is 0. The van der Waals surface area contributed by atoms with Crippen LogP contribution in [0.1, 0.15) is 16.7 Å². The number of rotatable bonds is 2. The van der Waals surface area contributed by atoms with Gasteiger partial charge >= 0.3 is 29.6 Å². The van der Waals surface area contributed by atoms with Gasteiger partial charge in [0.05, 0.1) is 13.2 Å². The molecule has 0 amide bonds. The van der Waals surface area contributed by atoms with E-state index in [1.807, 2.05) is 6.92 Å². The largest absolute Gasteiger partial charge is 1.00 e. The number of hydrogen-bond acceptors (Lipinski definition) is 3. The molecule has 4 heteroatoms. The van der Waals surface area contributed by atoms with Crippen LogP contribution in [0.3, 0.4) is 0 Å². The van der Waals surface area contributed by atoms with Crippen LogP contribution in [0.5, 0.6) is 5.75 Å². The van der Waals surface area contributed by atoms with Gasteiger partial charge in [-0.15, -0.1) is 0 Å². The zero-order valence-electron chi connectivity index (χ0n) is 7.87. The number of aliphatic hydroxyl groups is 2. The van der Waals surface area contributed by atoms with Crippen LogP contribution >= 0.6 is 0 Å². The SMILES string of the molecule is Cc1cc(CO)c([O-])c(CO)c1.[Na+]. The Morgan fingerprint density at radius 3 is 1.85 bits per heavy atom. The van der Waals surface area contributed by atoms with E-state index < -0.39 is 0 Å². The van der Waals surface area contributed by atoms with Crippen LogP contribution < -0.4 is 34.7 Å². The minimum absolute atomic E-state index is 0. The molecule has 0 aromatic heterocycles. The molecule has 1 aromatic rings. The predicted molar refractivity (Wildman–Crippen MR) is 42.5 cm³/mol. The van der Waals surface area contributed by atoms with Gasteiger partial charge in [0.1, 0.15) is 0 Å². The van der Waals surface area contributed by atoms with Crippen molar-refractivity contribution in [3.63, 3.8) is 0 Å². The van der Waals surface area contributed by atoms with Crippen molar-refractivity contribution in [3.05, 3.63) is 28.8 Å². The molecule has 0 bridgehead atoms. The number of aliphatic hydroxyl groups excluding tert-OH is 2. The summed E-state index contributed by atoms with van der Waals surface area (Å²) < 4.78 is 0. The van der Waals surface area contributed by atoms with Crippen molar-refractivity contribution in [2.45, 2.75) is 20.1 Å². The summed E-state index contributed by atoms with van der Waals surface area (Å²) in [5.41, 5.74) is 1.57. The van der Waals surface area contributed by atoms with E-state index >= 15 is 0 Å². The molecule has 0 saturated heterocycles. The molecule has 0 aliphatic carbocycles. The van der Waals surface area contributed by atoms with Crippen LogP contribution in [0.4, 0.5) is 0 Å². The Morgan fingerprint density at radius 1 is 1.15 bits per heavy atom. The van der Waals surface area contributed by atoms with E-state index in [1.165, 1.54) is 0 Å². The van der Waals surface area contributed by atoms with Gasteiger partial charge < -0.3 is 15.3 Å². The molecule has 0 heterocycles. The van der Waals surface area contributed by atoms with Crippen LogP contribution in [-0.4, -0.2) is 10.2 Å². The Kier molecular flexibility index (Phi) is 5.60. The fourth-order valence-electron chi connectivity index (χ4n) is 1.16. The van der Waals surface area contributed by atoms with E-state index in [1.54, 1.807) is 12.1 Å². The zero-order chi connectivity index (χ0) is 9.14. The van der Waals surface area contributed by atoms with E-state index in [0.29, 0.717) is 11.1 Å². The van der Waals surface area contributed by atoms with Crippen LogP contribution in [0, 0.1) is 6.92 Å². The topological polar surface area (TPSA) is 63.5 Å². The second kappa shape index (κ2) is 5.62. The van der Waals surface area contributed by atoms with Crippen molar-refractivity contribution >= 4 is 0 Å². The fourth-order valence-corrected chi connectivity index (χ4v) is 1.16. The van der Waals surface area contributed by atoms with Gasteiger partial charge in [0, 0.05) is 0 Å². The van der Waals surface area contributed by atoms with Crippen molar-refractivity contribution in [3.8, 4) is 5.75 Å². The molecule has 0 aliphatic heterocycles. The van der Waals surface area contributed by atoms with E-state index in [0.717, 1.165) is 5.56 Å². The van der Waals surface area contributed by atoms with Gasteiger partial charge in [-0.2, -0.15) is 0 Å². The molecule has 2 N–H and O–H groups in total. The van der Waals surface area contributed by atoms with Gasteiger partial charge in [0.25, 0.3) is 0 Å². The van der Waals surface area contributed by atoms with E-state index in [9.17, 15) is 5.11 Å². The maximum atomic E-state index is 11.3. The van der Waals surface area contributed by atoms with Gasteiger partial charge in [0.15, 0.2) is 0 Å². The Balaban J connectivity index is 0.00000144. The average molecular weight is 190 g/mol. The molecule has 0 saturated carbocycles. The van der Waals surface area contributed by atoms with Crippen molar-refractivity contribution in [2.24, 2.45) is 0 Å². The first-order valence-electron chi connectivity index (χ1n) is 3.70. The first-order valence-corrected chi connectivity index (χ1v) is 3.70. The fraction of sp³-hybridized carbons (Fsp3) is 0.333. The molecule has 13 heavy (non-hydrogen) atoms. The normalized spacial score (nSPS) is 9.46. The van der Waals surface area contributed by atoms with E-state index in [2.05, 4.69) is 0 Å². The Bertz CT molecular complexity index is 261. The average Bonchev–Trinajstić information content (AvgIpc) is 2.08. The summed E-state index contributed by atoms with van der Waals surface area (Å²) in [6, 6.07) is 3.25. The molecule has 66 valence electrons. The molecule has 0 aliphatic rings. The Labute approximate surface area is 99.3 Å². The van der Waals surface area contributed by atoms with Gasteiger partial charge in [0.2, 0.25) is 0 Å². The summed E-state index contributed by atoms with van der Waals surface area (Å²) in [5.74, 6) is -0.259. The third-order valence-electron chi connectivity index (χ3n) is 1.73. The standard InChI is InChI=1S/C9H12O3.Na/c1-6-2-7(4-10)9(12)8(3-6)5-11;/h2-3,10-12H,4-5H2,1H3;/q;+1/p-1. The van der Waals surface area contributed by atoms with Crippen molar-refractivity contribution in [2.75, 3.05) is 0 Å². The van der Waals surface area contributed by atoms with Gasteiger partial charge in [-0.25, -0.2) is 0 Å². The molecule has 1 rings (SSSR count). The van der Waals surface area contributed by atoms with Gasteiger partial charge in [-0.05, 0) is 18.1 Å². The molecule has 0 atom stereocenters. The third-order valence-corrected chi connectivity index (χ3v) is 1.73. The van der Waals surface area contributed by atoms with E-state index in [-0.39, 0.29) is 48.5 Å². The van der Waals surface area contributed by atoms with Crippen LogP contribution in [0.15, 0.2) is 12.1 Å². The first-order chi connectivity index (χ1) is 5.69. The smallest absolute Gasteiger partial charge is 0.872 e. The number of aryl methyl sites for hydroxylation is 1. The predicted octanol–water partition coefficient (Wildman–Crippen LogP) is -2.94. The number of benzene rings is 1. The minimum atomic E-state index is -0.270. The summed E-state index contributed by atoms with van der Waals surface area (Å²) in [5, 5.41) is 28.8. The van der Waals surface area contributed by atoms with Crippen molar-refractivity contribution in [1.82, 2.24) is 0 Å². The minimum Gasteiger partial charge on any atom is -0.872 e. The molecule has 0 radical (unpaired) electrons. The number of hydrogen-bond donors (Lipinski definition) is 2. The van der Waals surface area contributed by atoms with Crippen LogP contribution in [-0.2, 0) is 13.2 Å². The molecule has 3 nitrogen and oxygen atoms in total. The molecular weight excluding hydrogens is 179 g/mol. The van der Waals surface area contributed by atoms with Crippen molar-refractivity contribution in [1.29, 1.82) is 0 Å². The quantitative estimate of drug-likeness (QED) is 0.490. The summed E-state index contributed by atoms with van der Waals surface area (Å²) in [4.78, 5) is 0. The molecule has 0 fully saturated rings. The maximum Gasteiger partial charge on any atom is 1.00 e. The Morgan fingerprint density at radius 2 is 1.54 bits per heavy atom. The summed E-state index contributed by atoms with van der Waals surface area (Å²) >= 11 is 0. The zero-order valence-corrected chi connectivity index (χ0v) is 9.87. The van der Waals surface area contributed by atoms with Crippen molar-refractivity contribution < 1.29 is 44.9 Å². The maximum absolute atomic E-state index is 11.3. The summed E-state index contributed by atoms with van der Waals surface area (Å²) in [6.45, 7) is 1.28. The molecule has 1 aromatic carbocycles. The van der Waals surface area contributed by atoms with Crippen LogP contribution in [0.2, 0.25) is 0 Å². The molecule has 0 unspecified atom stereocenters. The monoisotopic (exact) mass is 190 g/mol. The van der Waals surface area contributed by atoms with Gasteiger partial charge in [-0.3, -0.25) is 0 Å². The second-order valence-electron chi connectivity index (χ2n) is 2.73. The van der Waals surface area contributed by atoms with Gasteiger partial charge in [-0.1, -0.05) is 23.4 Å². The summed E-state index contributed by atoms with van der Waals surface area (Å²) in [6.07, 6.45) is 0. The second-order valence-corrected chi connectivity index (χ2v) is 2.73. The Hall–Kier alpha value is -0.0600. The van der Waals surface area contributed by atoms with Crippen LogP contribution in [0.25, 0.3) is 0 Å². The molecule has 0 spiro atoms. The third kappa shape index (κ3) is 2.97. The molecular formula is C9H11NaO3. The first kappa shape index (κ1) is 12.9.